The topological polar surface area (TPSA) is 35.2 Å². The van der Waals surface area contributed by atoms with Gasteiger partial charge in [-0.2, -0.15) is 0 Å². The molecule has 2 N–H and O–H groups in total. The number of hydrogen-bond acceptors (Lipinski definition) is 2. The molecule has 1 aromatic rings. The van der Waals surface area contributed by atoms with E-state index in [4.69, 9.17) is 14.6 Å². The molecule has 76 valence electrons. The normalized spacial score (nSPS) is 17.4. The van der Waals surface area contributed by atoms with E-state index in [1.807, 2.05) is 0 Å². The van der Waals surface area contributed by atoms with E-state index >= 15 is 0 Å². The molecule has 0 aliphatic carbocycles. The van der Waals surface area contributed by atoms with Gasteiger partial charge in [-0.05, 0) is 36.5 Å². The van der Waals surface area contributed by atoms with Gasteiger partial charge in [0.05, 0.1) is 8.48 Å². The molecule has 0 spiro atoms. The smallest absolute Gasteiger partial charge is 0.122 e. The highest BCUT2D eigenvalue weighted by Gasteiger charge is 2.02. The maximum absolute atomic E-state index is 7.84. The molecule has 2 nitrogen and oxygen atoms in total. The molecule has 2 unspecified atom stereocenters. The van der Waals surface area contributed by atoms with Crippen molar-refractivity contribution < 1.29 is 8.85 Å². The van der Waals surface area contributed by atoms with Crippen LogP contribution in [0.4, 0.5) is 0 Å². The highest BCUT2D eigenvalue weighted by atomic mass is 16.5. The van der Waals surface area contributed by atoms with E-state index in [0.717, 1.165) is 5.56 Å². The largest absolute Gasteiger partial charge is 0.496 e. The molecule has 0 fully saturated rings. The summed E-state index contributed by atoms with van der Waals surface area (Å²) >= 11 is 0. The highest BCUT2D eigenvalue weighted by Crippen LogP contribution is 2.21. The molecule has 0 radical (unpaired) electrons. The summed E-state index contributed by atoms with van der Waals surface area (Å²) in [6.07, 6.45) is 1.39. The summed E-state index contributed by atoms with van der Waals surface area (Å²) in [7, 11) is 1.54. The minimum absolute atomic E-state index is 0.213. The Labute approximate surface area is 89.6 Å². The van der Waals surface area contributed by atoms with Crippen LogP contribution in [0.15, 0.2) is 30.8 Å². The summed E-state index contributed by atoms with van der Waals surface area (Å²) in [6, 6.07) is 3.47. The van der Waals surface area contributed by atoms with Gasteiger partial charge >= 0.3 is 0 Å². The van der Waals surface area contributed by atoms with Gasteiger partial charge in [-0.3, -0.25) is 0 Å². The molecule has 0 saturated heterocycles. The van der Waals surface area contributed by atoms with Gasteiger partial charge in [0.15, 0.2) is 0 Å². The molecule has 0 aliphatic rings. The molecule has 0 saturated carbocycles. The van der Waals surface area contributed by atoms with Crippen LogP contribution in [0.2, 0.25) is 0 Å². The average Bonchev–Trinajstić information content (AvgIpc) is 2.29. The predicted molar refractivity (Wildman–Crippen MR) is 59.7 cm³/mol. The van der Waals surface area contributed by atoms with Gasteiger partial charge in [0.2, 0.25) is 0 Å². The second-order valence-electron chi connectivity index (χ2n) is 2.83. The van der Waals surface area contributed by atoms with E-state index in [2.05, 4.69) is 6.58 Å². The maximum atomic E-state index is 7.84. The lowest BCUT2D eigenvalue weighted by molar-refractivity contribution is 0.410. The summed E-state index contributed by atoms with van der Waals surface area (Å²) < 4.78 is 28.1. The number of hydrogen-bond donors (Lipinski definition) is 1. The Balaban J connectivity index is 3.21. The van der Waals surface area contributed by atoms with Crippen molar-refractivity contribution in [1.82, 2.24) is 0 Å². The quantitative estimate of drug-likeness (QED) is 0.727. The third-order valence-corrected chi connectivity index (χ3v) is 1.88. The minimum Gasteiger partial charge on any atom is -0.496 e. The van der Waals surface area contributed by atoms with Gasteiger partial charge < -0.3 is 10.5 Å². The molecular weight excluding hydrogens is 174 g/mol. The van der Waals surface area contributed by atoms with Crippen LogP contribution in [-0.4, -0.2) is 13.6 Å². The van der Waals surface area contributed by atoms with E-state index in [-0.39, 0.29) is 6.04 Å². The second-order valence-corrected chi connectivity index (χ2v) is 2.83. The van der Waals surface area contributed by atoms with Crippen LogP contribution in [0.3, 0.4) is 0 Å². The number of nitrogens with two attached hydrogens (primary N) is 1. The van der Waals surface area contributed by atoms with Gasteiger partial charge in [0.1, 0.15) is 5.75 Å². The van der Waals surface area contributed by atoms with Gasteiger partial charge in [-0.15, -0.1) is 6.58 Å². The van der Waals surface area contributed by atoms with Crippen molar-refractivity contribution in [2.75, 3.05) is 13.6 Å². The monoisotopic (exact) mass is 194 g/mol. The lowest BCUT2D eigenvalue weighted by atomic mass is 10.1. The first-order valence-corrected chi connectivity index (χ1v) is 4.39. The van der Waals surface area contributed by atoms with Crippen LogP contribution < -0.4 is 10.5 Å². The van der Waals surface area contributed by atoms with E-state index < -0.39 is 12.9 Å². The van der Waals surface area contributed by atoms with Crippen LogP contribution in [0, 0.1) is 0 Å². The summed E-state index contributed by atoms with van der Waals surface area (Å²) in [5.74, 6) is 0.605. The van der Waals surface area contributed by atoms with Crippen LogP contribution in [-0.2, 0) is 12.8 Å². The lowest BCUT2D eigenvalue weighted by Gasteiger charge is -2.08. The summed E-state index contributed by atoms with van der Waals surface area (Å²) in [6.45, 7) is 2.58. The molecule has 2 atom stereocenters. The van der Waals surface area contributed by atoms with Gasteiger partial charge in [0, 0.05) is 2.74 Å². The standard InChI is InChI=1S/C12H17NO/c1-3-4-11-6-5-10(7-8-13)9-12(11)14-2/h3,5-6,9H,1,4,7-8,13H2,2H3/i5D,7D,8D. The average molecular weight is 194 g/mol. The Bertz CT molecular complexity index is 407. The fourth-order valence-corrected chi connectivity index (χ4v) is 1.22. The second kappa shape index (κ2) is 5.45. The molecule has 1 rings (SSSR count). The van der Waals surface area contributed by atoms with E-state index in [1.54, 1.807) is 18.2 Å². The van der Waals surface area contributed by atoms with Crippen molar-refractivity contribution in [3.63, 3.8) is 0 Å². The van der Waals surface area contributed by atoms with E-state index in [0.29, 0.717) is 17.7 Å². The number of methoxy groups -OCH3 is 1. The number of ether oxygens (including phenoxy) is 1. The predicted octanol–water partition coefficient (Wildman–Crippen LogP) is 1.92. The first-order chi connectivity index (χ1) is 8.01. The van der Waals surface area contributed by atoms with Crippen molar-refractivity contribution >= 4 is 0 Å². The van der Waals surface area contributed by atoms with Gasteiger partial charge in [0.25, 0.3) is 0 Å². The van der Waals surface area contributed by atoms with Crippen molar-refractivity contribution in [3.05, 3.63) is 42.0 Å². The van der Waals surface area contributed by atoms with Crippen molar-refractivity contribution in [1.29, 1.82) is 0 Å². The SMILES string of the molecule is [2H]c1cc(CC=C)c(OC)cc1C([2H])C([2H])N. The zero-order valence-electron chi connectivity index (χ0n) is 11.3. The molecule has 0 bridgehead atoms. The first kappa shape index (κ1) is 7.07. The molecule has 2 heteroatoms. The zero-order valence-corrected chi connectivity index (χ0v) is 8.29. The Morgan fingerprint density at radius 3 is 3.14 bits per heavy atom. The van der Waals surface area contributed by atoms with Crippen LogP contribution >= 0.6 is 0 Å². The number of aryl methyl sites for hydroxylation is 1. The maximum Gasteiger partial charge on any atom is 0.122 e. The Morgan fingerprint density at radius 1 is 1.79 bits per heavy atom. The molecule has 0 aromatic heterocycles. The summed E-state index contributed by atoms with van der Waals surface area (Å²) in [5, 5.41) is 0. The highest BCUT2D eigenvalue weighted by molar-refractivity contribution is 5.38. The third kappa shape index (κ3) is 2.60. The fraction of sp³-hybridized carbons (Fsp3) is 0.333. The first-order valence-electron chi connectivity index (χ1n) is 6.05. The van der Waals surface area contributed by atoms with Gasteiger partial charge in [-0.1, -0.05) is 18.2 Å². The third-order valence-electron chi connectivity index (χ3n) is 1.88. The van der Waals surface area contributed by atoms with Gasteiger partial charge in [-0.25, -0.2) is 0 Å². The minimum atomic E-state index is -1.06. The van der Waals surface area contributed by atoms with Crippen LogP contribution in [0.25, 0.3) is 0 Å². The summed E-state index contributed by atoms with van der Waals surface area (Å²) in [4.78, 5) is 0. The molecule has 0 aliphatic heterocycles. The van der Waals surface area contributed by atoms with E-state index in [1.165, 1.54) is 7.11 Å². The Morgan fingerprint density at radius 2 is 2.57 bits per heavy atom. The van der Waals surface area contributed by atoms with Crippen molar-refractivity contribution in [3.8, 4) is 5.75 Å². The lowest BCUT2D eigenvalue weighted by Crippen LogP contribution is -2.03. The zero-order chi connectivity index (χ0) is 13.0. The number of benzene rings is 1. The number of allylic oxidation sites excluding steroid dienone is 1. The molecular formula is C12H17NO. The van der Waals surface area contributed by atoms with Crippen LogP contribution in [0.1, 0.15) is 15.2 Å². The molecule has 14 heavy (non-hydrogen) atoms. The Hall–Kier alpha value is -1.28. The van der Waals surface area contributed by atoms with E-state index in [9.17, 15) is 0 Å². The van der Waals surface area contributed by atoms with Crippen molar-refractivity contribution in [2.24, 2.45) is 5.73 Å². The van der Waals surface area contributed by atoms with Crippen LogP contribution in [0.5, 0.6) is 5.75 Å². The summed E-state index contributed by atoms with van der Waals surface area (Å²) in [5.41, 5.74) is 6.63. The number of rotatable bonds is 5. The fourth-order valence-electron chi connectivity index (χ4n) is 1.22. The van der Waals surface area contributed by atoms with Crippen molar-refractivity contribution in [2.45, 2.75) is 12.8 Å². The Kier molecular flexibility index (Phi) is 2.75. The molecule has 0 amide bonds. The molecule has 0 heterocycles. The molecule has 1 aromatic carbocycles.